The van der Waals surface area contributed by atoms with E-state index in [4.69, 9.17) is 0 Å². The summed E-state index contributed by atoms with van der Waals surface area (Å²) in [7, 11) is 0. The third-order valence-corrected chi connectivity index (χ3v) is 4.14. The zero-order valence-corrected chi connectivity index (χ0v) is 13.6. The summed E-state index contributed by atoms with van der Waals surface area (Å²) < 4.78 is 0. The van der Waals surface area contributed by atoms with Crippen molar-refractivity contribution in [2.24, 2.45) is 0 Å². The first-order chi connectivity index (χ1) is 10.3. The molecule has 1 aromatic rings. The minimum Gasteiger partial charge on any atom is -0.480 e. The number of hydrogen-bond acceptors (Lipinski definition) is 3. The van der Waals surface area contributed by atoms with Crippen LogP contribution < -0.4 is 5.32 Å². The highest BCUT2D eigenvalue weighted by atomic mass is 16.4. The van der Waals surface area contributed by atoms with Gasteiger partial charge in [-0.05, 0) is 51.7 Å². The zero-order chi connectivity index (χ0) is 16.4. The number of anilines is 1. The van der Waals surface area contributed by atoms with Gasteiger partial charge in [-0.15, -0.1) is 0 Å². The fourth-order valence-electron chi connectivity index (χ4n) is 2.85. The summed E-state index contributed by atoms with van der Waals surface area (Å²) in [5.41, 5.74) is 4.03. The maximum absolute atomic E-state index is 12.3. The lowest BCUT2D eigenvalue weighted by Crippen LogP contribution is -2.44. The Morgan fingerprint density at radius 1 is 1.27 bits per heavy atom. The molecule has 1 aliphatic rings. The lowest BCUT2D eigenvalue weighted by atomic mass is 10.1. The van der Waals surface area contributed by atoms with Crippen LogP contribution in [-0.2, 0) is 9.59 Å². The van der Waals surface area contributed by atoms with Gasteiger partial charge in [-0.2, -0.15) is 0 Å². The largest absolute Gasteiger partial charge is 0.480 e. The fraction of sp³-hybridized carbons (Fsp3) is 0.529. The van der Waals surface area contributed by atoms with E-state index in [0.717, 1.165) is 35.2 Å². The molecule has 0 aromatic heterocycles. The van der Waals surface area contributed by atoms with Crippen molar-refractivity contribution in [2.75, 3.05) is 11.9 Å². The van der Waals surface area contributed by atoms with E-state index in [1.165, 1.54) is 0 Å². The predicted octanol–water partition coefficient (Wildman–Crippen LogP) is 2.49. The van der Waals surface area contributed by atoms with Crippen LogP contribution in [0.2, 0.25) is 0 Å². The normalized spacial score (nSPS) is 15.7. The molecular formula is C17H24N2O3. The van der Waals surface area contributed by atoms with Gasteiger partial charge in [0.2, 0.25) is 5.91 Å². The number of benzene rings is 1. The summed E-state index contributed by atoms with van der Waals surface area (Å²) >= 11 is 0. The highest BCUT2D eigenvalue weighted by Gasteiger charge is 2.36. The molecule has 2 N–H and O–H groups in total. The molecule has 2 rings (SSSR count). The van der Waals surface area contributed by atoms with Gasteiger partial charge in [0.15, 0.2) is 0 Å². The van der Waals surface area contributed by atoms with Crippen LogP contribution in [0, 0.1) is 20.8 Å². The average molecular weight is 304 g/mol. The van der Waals surface area contributed by atoms with Crippen LogP contribution in [0.5, 0.6) is 0 Å². The molecule has 1 aromatic carbocycles. The number of carbonyl (C=O) groups is 2. The summed E-state index contributed by atoms with van der Waals surface area (Å²) in [4.78, 5) is 25.3. The molecule has 120 valence electrons. The van der Waals surface area contributed by atoms with Crippen LogP contribution >= 0.6 is 0 Å². The lowest BCUT2D eigenvalue weighted by molar-refractivity contribution is -0.143. The first-order valence-electron chi connectivity index (χ1n) is 7.66. The summed E-state index contributed by atoms with van der Waals surface area (Å²) in [6.45, 7) is 7.71. The molecule has 1 saturated carbocycles. The summed E-state index contributed by atoms with van der Waals surface area (Å²) in [6, 6.07) is 3.64. The number of carboxylic acids is 1. The number of aryl methyl sites for hydroxylation is 3. The predicted molar refractivity (Wildman–Crippen MR) is 86.1 cm³/mol. The Hall–Kier alpha value is -1.88. The average Bonchev–Trinajstić information content (AvgIpc) is 3.23. The van der Waals surface area contributed by atoms with Crippen molar-refractivity contribution in [3.8, 4) is 0 Å². The Bertz CT molecular complexity index is 571. The third kappa shape index (κ3) is 3.85. The molecule has 0 heterocycles. The maximum Gasteiger partial charge on any atom is 0.320 e. The van der Waals surface area contributed by atoms with Crippen LogP contribution in [0.3, 0.4) is 0 Å². The molecule has 1 fully saturated rings. The molecule has 22 heavy (non-hydrogen) atoms. The number of amides is 1. The van der Waals surface area contributed by atoms with Crippen LogP contribution in [0.25, 0.3) is 0 Å². The maximum atomic E-state index is 12.3. The third-order valence-electron chi connectivity index (χ3n) is 4.14. The van der Waals surface area contributed by atoms with E-state index in [9.17, 15) is 14.7 Å². The molecule has 5 heteroatoms. The first kappa shape index (κ1) is 16.5. The topological polar surface area (TPSA) is 69.6 Å². The molecule has 1 amide bonds. The van der Waals surface area contributed by atoms with Gasteiger partial charge in [0.05, 0.1) is 6.54 Å². The smallest absolute Gasteiger partial charge is 0.320 e. The second-order valence-corrected chi connectivity index (χ2v) is 6.24. The van der Waals surface area contributed by atoms with Gasteiger partial charge in [-0.3, -0.25) is 14.5 Å². The first-order valence-corrected chi connectivity index (χ1v) is 7.66. The Kier molecular flexibility index (Phi) is 4.86. The quantitative estimate of drug-likeness (QED) is 0.847. The molecule has 0 saturated heterocycles. The van der Waals surface area contributed by atoms with Gasteiger partial charge in [0, 0.05) is 11.7 Å². The minimum absolute atomic E-state index is 0.116. The number of carboxylic acid groups (broad SMARTS) is 1. The lowest BCUT2D eigenvalue weighted by Gasteiger charge is -2.25. The zero-order valence-electron chi connectivity index (χ0n) is 13.6. The van der Waals surface area contributed by atoms with E-state index >= 15 is 0 Å². The second-order valence-electron chi connectivity index (χ2n) is 6.24. The summed E-state index contributed by atoms with van der Waals surface area (Å²) in [5.74, 6) is -1.04. The van der Waals surface area contributed by atoms with Crippen molar-refractivity contribution >= 4 is 17.6 Å². The van der Waals surface area contributed by atoms with Crippen molar-refractivity contribution in [2.45, 2.75) is 52.6 Å². The molecule has 1 atom stereocenters. The summed E-state index contributed by atoms with van der Waals surface area (Å²) in [5, 5.41) is 12.1. The molecule has 0 radical (unpaired) electrons. The highest BCUT2D eigenvalue weighted by molar-refractivity contribution is 5.94. The molecule has 5 nitrogen and oxygen atoms in total. The van der Waals surface area contributed by atoms with Crippen molar-refractivity contribution in [3.05, 3.63) is 28.8 Å². The van der Waals surface area contributed by atoms with Crippen LogP contribution in [-0.4, -0.2) is 40.5 Å². The Balaban J connectivity index is 2.07. The molecule has 1 aliphatic carbocycles. The molecule has 1 unspecified atom stereocenters. The Morgan fingerprint density at radius 2 is 1.82 bits per heavy atom. The van der Waals surface area contributed by atoms with Crippen molar-refractivity contribution in [1.29, 1.82) is 0 Å². The number of aliphatic carboxylic acids is 1. The fourth-order valence-corrected chi connectivity index (χ4v) is 2.85. The second kappa shape index (κ2) is 6.48. The van der Waals surface area contributed by atoms with Crippen LogP contribution in [0.1, 0.15) is 36.5 Å². The van der Waals surface area contributed by atoms with Crippen molar-refractivity contribution in [3.63, 3.8) is 0 Å². The van der Waals surface area contributed by atoms with E-state index in [0.29, 0.717) is 0 Å². The van der Waals surface area contributed by atoms with Gasteiger partial charge in [0.25, 0.3) is 0 Å². The number of nitrogens with zero attached hydrogens (tertiary/aromatic N) is 1. The van der Waals surface area contributed by atoms with E-state index < -0.39 is 12.0 Å². The van der Waals surface area contributed by atoms with E-state index in [1.54, 1.807) is 11.8 Å². The summed E-state index contributed by atoms with van der Waals surface area (Å²) in [6.07, 6.45) is 1.93. The SMILES string of the molecule is Cc1cc(C)c(NC(=O)CN(C2CC2)C(C)C(=O)O)c(C)c1. The van der Waals surface area contributed by atoms with Crippen molar-refractivity contribution in [1.82, 2.24) is 4.90 Å². The Labute approximate surface area is 131 Å². The number of rotatable bonds is 6. The van der Waals surface area contributed by atoms with Gasteiger partial charge < -0.3 is 10.4 Å². The van der Waals surface area contributed by atoms with Gasteiger partial charge >= 0.3 is 5.97 Å². The molecule has 0 spiro atoms. The monoisotopic (exact) mass is 304 g/mol. The van der Waals surface area contributed by atoms with Crippen molar-refractivity contribution < 1.29 is 14.7 Å². The molecule has 0 aliphatic heterocycles. The standard InChI is InChI=1S/C17H24N2O3/c1-10-7-11(2)16(12(3)8-10)18-15(20)9-19(14-5-6-14)13(4)17(21)22/h7-8,13-14H,5-6,9H2,1-4H3,(H,18,20)(H,21,22). The van der Waals surface area contributed by atoms with Crippen LogP contribution in [0.15, 0.2) is 12.1 Å². The van der Waals surface area contributed by atoms with E-state index in [1.807, 2.05) is 32.9 Å². The van der Waals surface area contributed by atoms with Gasteiger partial charge in [-0.1, -0.05) is 17.7 Å². The molecule has 0 bridgehead atoms. The van der Waals surface area contributed by atoms with Gasteiger partial charge in [0.1, 0.15) is 6.04 Å². The van der Waals surface area contributed by atoms with Gasteiger partial charge in [-0.25, -0.2) is 0 Å². The number of carbonyl (C=O) groups excluding carboxylic acids is 1. The van der Waals surface area contributed by atoms with Crippen LogP contribution in [0.4, 0.5) is 5.69 Å². The minimum atomic E-state index is -0.887. The van der Waals surface area contributed by atoms with E-state index in [-0.39, 0.29) is 18.5 Å². The van der Waals surface area contributed by atoms with E-state index in [2.05, 4.69) is 5.32 Å². The molecular weight excluding hydrogens is 280 g/mol. The highest BCUT2D eigenvalue weighted by Crippen LogP contribution is 2.29. The number of nitrogens with one attached hydrogen (secondary N) is 1. The number of hydrogen-bond donors (Lipinski definition) is 2. The Morgan fingerprint density at radius 3 is 2.27 bits per heavy atom.